The Kier molecular flexibility index (Phi) is 25.4. The van der Waals surface area contributed by atoms with Gasteiger partial charge >= 0.3 is 37.7 Å². The summed E-state index contributed by atoms with van der Waals surface area (Å²) in [5, 5.41) is 24.1. The van der Waals surface area contributed by atoms with Crippen LogP contribution in [0.2, 0.25) is 5.02 Å². The lowest BCUT2D eigenvalue weighted by Gasteiger charge is -2.27. The third-order valence-corrected chi connectivity index (χ3v) is 18.2. The number of unbranched alkanes of at least 4 members (excludes halogenated alkanes) is 2. The SMILES string of the molecule is N#CCN(C(=O)CCCC(=O)NCCOc1cc(NC(=O)Nc2ccc(C(F)(F)P(=O)(Oc3ccccc3)Oc3ccccc3)cc2)cc(C(F)(F)F)c1)S(=O)(=O)c1ccc(CCCCCC(=O)c2cc(Oc3ccc(NC(=O)Nc4ccc(Cl)c(C(F)(F)F)c4)c(N=[N+]=[N-])c3)ccn2)cc1. The first-order chi connectivity index (χ1) is 48.0. The quantitative estimate of drug-likeness (QED) is 0.00394. The van der Waals surface area contributed by atoms with E-state index in [2.05, 4.69) is 41.6 Å². The molecule has 526 valence electrons. The number of aromatic nitrogens is 1. The molecule has 7 aromatic carbocycles. The standard InChI is InChI=1S/C67H57ClF8N11O12PS/c68-56-29-25-47(40-55(56)66(72,73)74)82-64(92)84-57-30-26-51(41-58(57)85-86-78)97-52-31-33-79-59(42-52)60(88)16-9-1-4-11-43-19-27-54(28-20-43)101(94,95)87(35-32-77)62(90)18-10-17-61(89)80-34-36-96-53-38-45(65(69,70)71)37-48(39-53)83-63(91)81-46-23-21-44(22-24-46)67(75,76)100(93,98-49-12-5-2-6-13-49)99-50-14-7-3-8-15-50/h2-3,5-8,12-15,19-31,33,37-42H,1,4,9-11,16-18,34-36H2,(H,80,89)(H2,81,83,91)(H2,82,84,92). The van der Waals surface area contributed by atoms with E-state index >= 15 is 8.78 Å². The summed E-state index contributed by atoms with van der Waals surface area (Å²) in [6.07, 6.45) is -7.17. The number of urea groups is 2. The summed E-state index contributed by atoms with van der Waals surface area (Å²) in [4.78, 5) is 71.4. The molecule has 101 heavy (non-hydrogen) atoms. The Morgan fingerprint density at radius 3 is 1.91 bits per heavy atom. The number of rotatable bonds is 31. The number of ether oxygens (including phenoxy) is 2. The first kappa shape index (κ1) is 75.5. The molecular formula is C67H57ClF8N11O12PS. The van der Waals surface area contributed by atoms with Crippen molar-refractivity contribution in [3.05, 3.63) is 226 Å². The minimum atomic E-state index is -5.38. The molecule has 0 aliphatic heterocycles. The van der Waals surface area contributed by atoms with Crippen molar-refractivity contribution in [1.82, 2.24) is 14.6 Å². The second kappa shape index (κ2) is 34.0. The summed E-state index contributed by atoms with van der Waals surface area (Å²) in [5.74, 6) is -2.37. The summed E-state index contributed by atoms with van der Waals surface area (Å²) < 4.78 is 178. The van der Waals surface area contributed by atoms with Crippen LogP contribution < -0.4 is 45.1 Å². The minimum absolute atomic E-state index is 0.0269. The highest BCUT2D eigenvalue weighted by Gasteiger charge is 2.58. The molecule has 1 heterocycles. The van der Waals surface area contributed by atoms with Crippen molar-refractivity contribution >= 4 is 87.3 Å². The number of amides is 6. The Morgan fingerprint density at radius 2 is 1.27 bits per heavy atom. The van der Waals surface area contributed by atoms with E-state index in [1.54, 1.807) is 18.2 Å². The Hall–Kier alpha value is -11.3. The van der Waals surface area contributed by atoms with E-state index in [4.69, 9.17) is 35.7 Å². The van der Waals surface area contributed by atoms with Crippen molar-refractivity contribution in [2.45, 2.75) is 74.3 Å². The van der Waals surface area contributed by atoms with Gasteiger partial charge in [0, 0.05) is 65.1 Å². The first-order valence-corrected chi connectivity index (χ1v) is 33.5. The summed E-state index contributed by atoms with van der Waals surface area (Å²) in [6, 6.07) is 35.2. The van der Waals surface area contributed by atoms with Gasteiger partial charge in [0.2, 0.25) is 11.8 Å². The van der Waals surface area contributed by atoms with Crippen LogP contribution in [0.15, 0.2) is 192 Å². The molecule has 0 saturated carbocycles. The van der Waals surface area contributed by atoms with Crippen LogP contribution in [0.4, 0.5) is 73.1 Å². The van der Waals surface area contributed by atoms with Gasteiger partial charge in [-0.3, -0.25) is 19.4 Å². The maximum Gasteiger partial charge on any atom is 0.504 e. The molecule has 0 saturated heterocycles. The zero-order valence-electron chi connectivity index (χ0n) is 52.4. The minimum Gasteiger partial charge on any atom is -0.492 e. The number of halogens is 9. The Balaban J connectivity index is 0.746. The first-order valence-electron chi connectivity index (χ1n) is 30.1. The second-order valence-corrected chi connectivity index (χ2v) is 25.8. The van der Waals surface area contributed by atoms with Crippen molar-refractivity contribution in [2.75, 3.05) is 41.0 Å². The Bertz CT molecular complexity index is 4510. The average molecular weight is 1460 g/mol. The topological polar surface area (TPSA) is 322 Å². The Labute approximate surface area is 575 Å². The number of nitrogens with one attached hydrogen (secondary N) is 5. The van der Waals surface area contributed by atoms with Crippen LogP contribution in [-0.2, 0) is 48.6 Å². The predicted molar refractivity (Wildman–Crippen MR) is 355 cm³/mol. The van der Waals surface area contributed by atoms with Gasteiger partial charge in [-0.1, -0.05) is 83.8 Å². The number of carbonyl (C=O) groups excluding carboxylic acids is 5. The molecule has 1 aromatic heterocycles. The third kappa shape index (κ3) is 21.4. The number of nitrogens with zero attached hydrogens (tertiary/aromatic N) is 6. The van der Waals surface area contributed by atoms with Crippen LogP contribution in [0, 0.1) is 11.3 Å². The van der Waals surface area contributed by atoms with Gasteiger partial charge in [-0.2, -0.15) is 40.4 Å². The maximum absolute atomic E-state index is 16.1. The summed E-state index contributed by atoms with van der Waals surface area (Å²) in [5.41, 5.74) is 1.59. The molecule has 0 unspecified atom stereocenters. The monoisotopic (exact) mass is 1460 g/mol. The number of carbonyl (C=O) groups is 5. The van der Waals surface area contributed by atoms with Crippen LogP contribution in [0.5, 0.6) is 28.7 Å². The normalized spacial score (nSPS) is 11.6. The molecule has 0 fully saturated rings. The molecule has 0 spiro atoms. The number of sulfonamides is 1. The molecule has 5 N–H and O–H groups in total. The molecule has 0 bridgehead atoms. The highest BCUT2D eigenvalue weighted by molar-refractivity contribution is 7.89. The van der Waals surface area contributed by atoms with Gasteiger partial charge in [0.25, 0.3) is 10.0 Å². The molecule has 0 aliphatic carbocycles. The van der Waals surface area contributed by atoms with Gasteiger partial charge in [0.1, 0.15) is 47.6 Å². The number of alkyl halides is 8. The molecule has 6 amide bonds. The second-order valence-electron chi connectivity index (χ2n) is 21.6. The summed E-state index contributed by atoms with van der Waals surface area (Å²) in [6.45, 7) is -1.50. The van der Waals surface area contributed by atoms with E-state index < -0.39 is 106 Å². The Morgan fingerprint density at radius 1 is 0.634 bits per heavy atom. The fourth-order valence-electron chi connectivity index (χ4n) is 9.40. The summed E-state index contributed by atoms with van der Waals surface area (Å²) >= 11 is 5.66. The van der Waals surface area contributed by atoms with E-state index in [0.29, 0.717) is 48.2 Å². The fourth-order valence-corrected chi connectivity index (χ4v) is 12.5. The molecule has 23 nitrogen and oxygen atoms in total. The van der Waals surface area contributed by atoms with Crippen molar-refractivity contribution < 1.29 is 90.6 Å². The number of azide groups is 1. The molecule has 0 radical (unpaired) electrons. The average Bonchev–Trinajstić information content (AvgIpc) is 0.513. The van der Waals surface area contributed by atoms with E-state index in [9.17, 15) is 68.6 Å². The van der Waals surface area contributed by atoms with E-state index in [1.807, 2.05) is 0 Å². The number of pyridine rings is 1. The number of Topliss-reactive ketones (excluding diaryl/α,β-unsaturated/α-hetero) is 1. The van der Waals surface area contributed by atoms with Crippen molar-refractivity contribution in [2.24, 2.45) is 5.11 Å². The van der Waals surface area contributed by atoms with Crippen LogP contribution in [-0.4, -0.2) is 67.1 Å². The maximum atomic E-state index is 16.1. The predicted octanol–water partition coefficient (Wildman–Crippen LogP) is 17.6. The van der Waals surface area contributed by atoms with Crippen molar-refractivity contribution in [3.8, 4) is 34.8 Å². The molecule has 8 aromatic rings. The van der Waals surface area contributed by atoms with Gasteiger partial charge in [0.15, 0.2) is 5.78 Å². The highest BCUT2D eigenvalue weighted by atomic mass is 35.5. The van der Waals surface area contributed by atoms with Crippen LogP contribution in [0.1, 0.15) is 77.7 Å². The lowest BCUT2D eigenvalue weighted by atomic mass is 10.0. The highest BCUT2D eigenvalue weighted by Crippen LogP contribution is 2.66. The van der Waals surface area contributed by atoms with Gasteiger partial charge < -0.3 is 45.1 Å². The number of benzene rings is 7. The van der Waals surface area contributed by atoms with E-state index in [1.165, 1.54) is 109 Å². The number of anilines is 4. The molecular weight excluding hydrogens is 1400 g/mol. The van der Waals surface area contributed by atoms with Gasteiger partial charge in [-0.15, -0.1) is 0 Å². The van der Waals surface area contributed by atoms with Crippen LogP contribution in [0.25, 0.3) is 10.4 Å². The van der Waals surface area contributed by atoms with E-state index in [0.717, 1.165) is 48.0 Å². The number of hydrogen-bond acceptors (Lipinski definition) is 15. The number of aryl methyl sites for hydroxylation is 1. The zero-order valence-corrected chi connectivity index (χ0v) is 54.9. The third-order valence-electron chi connectivity index (χ3n) is 14.3. The van der Waals surface area contributed by atoms with E-state index in [-0.39, 0.29) is 93.7 Å². The van der Waals surface area contributed by atoms with Crippen LogP contribution in [0.3, 0.4) is 0 Å². The van der Waals surface area contributed by atoms with Gasteiger partial charge in [-0.25, -0.2) is 26.9 Å². The number of para-hydroxylation sites is 2. The number of ketones is 1. The van der Waals surface area contributed by atoms with Gasteiger partial charge in [-0.05, 0) is 140 Å². The van der Waals surface area contributed by atoms with Crippen LogP contribution >= 0.6 is 19.2 Å². The lowest BCUT2D eigenvalue weighted by molar-refractivity contribution is -0.138. The lowest BCUT2D eigenvalue weighted by Crippen LogP contribution is -2.37. The number of nitriles is 1. The fraction of sp³-hybridized carbons (Fsp3) is 0.209. The van der Waals surface area contributed by atoms with Crippen molar-refractivity contribution in [1.29, 1.82) is 5.26 Å². The molecule has 0 atom stereocenters. The van der Waals surface area contributed by atoms with Gasteiger partial charge in [0.05, 0.1) is 45.0 Å². The smallest absolute Gasteiger partial charge is 0.492 e. The number of hydrogen-bond donors (Lipinski definition) is 5. The molecule has 0 aliphatic rings. The zero-order chi connectivity index (χ0) is 73.0. The molecule has 34 heteroatoms. The summed E-state index contributed by atoms with van der Waals surface area (Å²) in [7, 11) is -9.93. The largest absolute Gasteiger partial charge is 0.504 e. The molecule has 8 rings (SSSR count). The van der Waals surface area contributed by atoms with Crippen molar-refractivity contribution in [3.63, 3.8) is 0 Å².